The average Bonchev–Trinajstić information content (AvgIpc) is 2.87. The van der Waals surface area contributed by atoms with Crippen LogP contribution in [0.15, 0.2) is 65.7 Å². The minimum atomic E-state index is -0.879. The molecular weight excluding hydrogens is 448 g/mol. The zero-order valence-electron chi connectivity index (χ0n) is 17.9. The van der Waals surface area contributed by atoms with E-state index in [-0.39, 0.29) is 23.5 Å². The first-order valence-electron chi connectivity index (χ1n) is 10.2. The third-order valence-corrected chi connectivity index (χ3v) is 5.57. The Balaban J connectivity index is 1.72. The fourth-order valence-corrected chi connectivity index (χ4v) is 3.81. The highest BCUT2D eigenvalue weighted by Gasteiger charge is 2.31. The maximum atomic E-state index is 14.6. The lowest BCUT2D eigenvalue weighted by atomic mass is 9.99. The van der Waals surface area contributed by atoms with Gasteiger partial charge in [-0.3, -0.25) is 14.6 Å². The maximum Gasteiger partial charge on any atom is 0.252 e. The van der Waals surface area contributed by atoms with Gasteiger partial charge < -0.3 is 10.2 Å². The molecule has 0 aromatic heterocycles. The first kappa shape index (κ1) is 22.6. The number of halogens is 3. The number of nitrogens with one attached hydrogen (secondary N) is 1. The van der Waals surface area contributed by atoms with E-state index >= 15 is 0 Å². The summed E-state index contributed by atoms with van der Waals surface area (Å²) in [4.78, 5) is 31.7. The Morgan fingerprint density at radius 2 is 1.82 bits per heavy atom. The molecule has 0 fully saturated rings. The molecule has 0 saturated heterocycles. The molecule has 168 valence electrons. The van der Waals surface area contributed by atoms with Gasteiger partial charge in [0.15, 0.2) is 0 Å². The number of carbonyl (C=O) groups excluding carboxylic acids is 2. The molecular formula is C25H20ClF2N3O2. The molecule has 1 N–H and O–H groups in total. The number of aliphatic imine (C=N–C) groups is 1. The molecule has 0 aliphatic carbocycles. The van der Waals surface area contributed by atoms with E-state index < -0.39 is 29.5 Å². The van der Waals surface area contributed by atoms with E-state index in [0.717, 1.165) is 0 Å². The second-order valence-electron chi connectivity index (χ2n) is 7.73. The molecule has 3 aromatic rings. The maximum absolute atomic E-state index is 14.6. The van der Waals surface area contributed by atoms with Gasteiger partial charge in [-0.05, 0) is 61.9 Å². The van der Waals surface area contributed by atoms with Gasteiger partial charge in [-0.15, -0.1) is 0 Å². The number of aryl methyl sites for hydroxylation is 1. The number of hydrogen-bond acceptors (Lipinski definition) is 3. The number of fused-ring (bicyclic) bond motifs is 1. The number of benzodiazepines with no additional fused rings is 1. The lowest BCUT2D eigenvalue weighted by Gasteiger charge is -2.24. The van der Waals surface area contributed by atoms with Crippen molar-refractivity contribution < 1.29 is 18.4 Å². The van der Waals surface area contributed by atoms with E-state index in [0.29, 0.717) is 21.8 Å². The van der Waals surface area contributed by atoms with Crippen LogP contribution in [-0.4, -0.2) is 30.1 Å². The molecule has 2 amide bonds. The van der Waals surface area contributed by atoms with Crippen LogP contribution in [0.5, 0.6) is 0 Å². The monoisotopic (exact) mass is 467 g/mol. The number of carbonyl (C=O) groups is 2. The number of hydrogen-bond donors (Lipinski definition) is 1. The van der Waals surface area contributed by atoms with Crippen LogP contribution in [0.25, 0.3) is 0 Å². The first-order chi connectivity index (χ1) is 15.7. The van der Waals surface area contributed by atoms with E-state index in [1.165, 1.54) is 17.0 Å². The van der Waals surface area contributed by atoms with Crippen molar-refractivity contribution in [1.29, 1.82) is 0 Å². The van der Waals surface area contributed by atoms with Gasteiger partial charge in [0, 0.05) is 21.8 Å². The van der Waals surface area contributed by atoms with Gasteiger partial charge in [-0.25, -0.2) is 8.78 Å². The highest BCUT2D eigenvalue weighted by Crippen LogP contribution is 2.31. The lowest BCUT2D eigenvalue weighted by molar-refractivity contribution is -0.122. The molecule has 0 radical (unpaired) electrons. The largest absolute Gasteiger partial charge is 0.324 e. The van der Waals surface area contributed by atoms with Gasteiger partial charge in [-0.1, -0.05) is 29.8 Å². The summed E-state index contributed by atoms with van der Waals surface area (Å²) >= 11 is 6.22. The predicted octanol–water partition coefficient (Wildman–Crippen LogP) is 5.14. The summed E-state index contributed by atoms with van der Waals surface area (Å²) in [6.45, 7) is 2.86. The molecule has 5 nitrogen and oxygen atoms in total. The van der Waals surface area contributed by atoms with Gasteiger partial charge in [0.05, 0.1) is 11.4 Å². The van der Waals surface area contributed by atoms with Crippen molar-refractivity contribution in [3.63, 3.8) is 0 Å². The highest BCUT2D eigenvalue weighted by molar-refractivity contribution is 6.32. The number of amides is 2. The molecule has 0 spiro atoms. The van der Waals surface area contributed by atoms with Crippen LogP contribution in [0, 0.1) is 18.6 Å². The Hall–Kier alpha value is -3.58. The van der Waals surface area contributed by atoms with E-state index in [9.17, 15) is 18.4 Å². The lowest BCUT2D eigenvalue weighted by Crippen LogP contribution is -2.42. The summed E-state index contributed by atoms with van der Waals surface area (Å²) < 4.78 is 28.5. The van der Waals surface area contributed by atoms with Crippen LogP contribution in [0.3, 0.4) is 0 Å². The van der Waals surface area contributed by atoms with Crippen molar-refractivity contribution in [1.82, 2.24) is 0 Å². The molecule has 1 heterocycles. The average molecular weight is 468 g/mol. The smallest absolute Gasteiger partial charge is 0.252 e. The molecule has 8 heteroatoms. The number of rotatable bonds is 4. The summed E-state index contributed by atoms with van der Waals surface area (Å²) in [6.07, 6.45) is 0. The van der Waals surface area contributed by atoms with Crippen LogP contribution in [0.4, 0.5) is 20.2 Å². The van der Waals surface area contributed by atoms with Gasteiger partial charge in [0.2, 0.25) is 5.91 Å². The van der Waals surface area contributed by atoms with Crippen LogP contribution < -0.4 is 10.2 Å². The Bertz CT molecular complexity index is 1290. The quantitative estimate of drug-likeness (QED) is 0.577. The number of benzene rings is 3. The summed E-state index contributed by atoms with van der Waals surface area (Å²) in [5, 5.41) is 2.99. The predicted molar refractivity (Wildman–Crippen MR) is 125 cm³/mol. The molecule has 1 atom stereocenters. The molecule has 0 unspecified atom stereocenters. The second kappa shape index (κ2) is 9.11. The Morgan fingerprint density at radius 1 is 1.06 bits per heavy atom. The summed E-state index contributed by atoms with van der Waals surface area (Å²) in [7, 11) is 0. The molecule has 0 bridgehead atoms. The standard InChI is InChI=1S/C25H20ClF2N3O2/c1-14-7-9-17(12-21(14)28)30-23(32)13-31-22-10-8-16(26)11-19(22)24(29-15(2)25(31)33)18-5-3-4-6-20(18)27/h3-12,15H,13H2,1-2H3,(H,30,32)/t15-/m0/s1. The number of anilines is 2. The molecule has 4 rings (SSSR count). The molecule has 3 aromatic carbocycles. The third-order valence-electron chi connectivity index (χ3n) is 5.34. The highest BCUT2D eigenvalue weighted by atomic mass is 35.5. The number of nitrogens with zero attached hydrogens (tertiary/aromatic N) is 2. The van der Waals surface area contributed by atoms with E-state index in [4.69, 9.17) is 11.6 Å². The van der Waals surface area contributed by atoms with Crippen LogP contribution in [0.1, 0.15) is 23.6 Å². The Morgan fingerprint density at radius 3 is 2.55 bits per heavy atom. The molecule has 1 aliphatic heterocycles. The first-order valence-corrected chi connectivity index (χ1v) is 10.6. The molecule has 1 aliphatic rings. The molecule has 0 saturated carbocycles. The van der Waals surface area contributed by atoms with Gasteiger partial charge in [0.1, 0.15) is 24.2 Å². The van der Waals surface area contributed by atoms with Gasteiger partial charge in [-0.2, -0.15) is 0 Å². The van der Waals surface area contributed by atoms with Crippen LogP contribution in [-0.2, 0) is 9.59 Å². The Kier molecular flexibility index (Phi) is 6.24. The minimum Gasteiger partial charge on any atom is -0.324 e. The normalized spacial score (nSPS) is 15.5. The van der Waals surface area contributed by atoms with Crippen molar-refractivity contribution in [3.05, 3.63) is 94.0 Å². The van der Waals surface area contributed by atoms with Crippen LogP contribution in [0.2, 0.25) is 5.02 Å². The minimum absolute atomic E-state index is 0.224. The summed E-state index contributed by atoms with van der Waals surface area (Å²) in [6, 6.07) is 14.4. The second-order valence-corrected chi connectivity index (χ2v) is 8.17. The van der Waals surface area contributed by atoms with Gasteiger partial charge >= 0.3 is 0 Å². The van der Waals surface area contributed by atoms with E-state index in [2.05, 4.69) is 10.3 Å². The topological polar surface area (TPSA) is 61.8 Å². The van der Waals surface area contributed by atoms with Gasteiger partial charge in [0.25, 0.3) is 5.91 Å². The SMILES string of the molecule is Cc1ccc(NC(=O)CN2C(=O)[C@H](C)N=C(c3ccccc3F)c3cc(Cl)ccc32)cc1F. The van der Waals surface area contributed by atoms with Crippen molar-refractivity contribution >= 4 is 40.5 Å². The summed E-state index contributed by atoms with van der Waals surface area (Å²) in [5.74, 6) is -1.89. The van der Waals surface area contributed by atoms with E-state index in [1.54, 1.807) is 62.4 Å². The van der Waals surface area contributed by atoms with Crippen molar-refractivity contribution in [2.75, 3.05) is 16.8 Å². The molecule has 33 heavy (non-hydrogen) atoms. The van der Waals surface area contributed by atoms with E-state index in [1.807, 2.05) is 0 Å². The van der Waals surface area contributed by atoms with Crippen molar-refractivity contribution in [3.8, 4) is 0 Å². The Labute approximate surface area is 194 Å². The third kappa shape index (κ3) is 4.64. The fourth-order valence-electron chi connectivity index (χ4n) is 3.64. The zero-order valence-corrected chi connectivity index (χ0v) is 18.7. The van der Waals surface area contributed by atoms with Crippen molar-refractivity contribution in [2.24, 2.45) is 4.99 Å². The van der Waals surface area contributed by atoms with Crippen molar-refractivity contribution in [2.45, 2.75) is 19.9 Å². The fraction of sp³-hybridized carbons (Fsp3) is 0.160. The zero-order chi connectivity index (χ0) is 23.7. The van der Waals surface area contributed by atoms with Crippen LogP contribution >= 0.6 is 11.6 Å². The summed E-state index contributed by atoms with van der Waals surface area (Å²) in [5.41, 5.74) is 2.03.